The Kier molecular flexibility index (Phi) is 6.76. The Morgan fingerprint density at radius 1 is 1.17 bits per heavy atom. The minimum Gasteiger partial charge on any atom is -0.465 e. The van der Waals surface area contributed by atoms with Crippen LogP contribution in [0.4, 0.5) is 9.18 Å². The maximum Gasteiger partial charge on any atom is 0.408 e. The van der Waals surface area contributed by atoms with E-state index >= 15 is 0 Å². The van der Waals surface area contributed by atoms with Gasteiger partial charge in [-0.3, -0.25) is 9.69 Å². The Hall–Kier alpha value is -3.59. The highest BCUT2D eigenvalue weighted by atomic mass is 35.5. The van der Waals surface area contributed by atoms with E-state index < -0.39 is 23.8 Å². The summed E-state index contributed by atoms with van der Waals surface area (Å²) in [4.78, 5) is 32.9. The van der Waals surface area contributed by atoms with Crippen LogP contribution in [0.15, 0.2) is 40.8 Å². The van der Waals surface area contributed by atoms with Gasteiger partial charge in [-0.15, -0.1) is 0 Å². The number of furan rings is 1. The van der Waals surface area contributed by atoms with E-state index in [1.807, 2.05) is 19.1 Å². The molecular weight excluding hydrogens is 547 g/mol. The maximum atomic E-state index is 14.9. The van der Waals surface area contributed by atoms with Crippen molar-refractivity contribution in [3.8, 4) is 11.5 Å². The van der Waals surface area contributed by atoms with Crippen molar-refractivity contribution in [3.63, 3.8) is 0 Å². The number of rotatable bonds is 5. The first-order chi connectivity index (χ1) is 19.4. The quantitative estimate of drug-likeness (QED) is 0.253. The van der Waals surface area contributed by atoms with Gasteiger partial charge >= 0.3 is 6.09 Å². The van der Waals surface area contributed by atoms with Gasteiger partial charge in [0.1, 0.15) is 22.6 Å². The highest BCUT2D eigenvalue weighted by molar-refractivity contribution is 6.29. The summed E-state index contributed by atoms with van der Waals surface area (Å²) in [5, 5.41) is 12.1. The van der Waals surface area contributed by atoms with Crippen LogP contribution >= 0.6 is 11.6 Å². The highest BCUT2D eigenvalue weighted by Crippen LogP contribution is 2.39. The second-order valence-corrected chi connectivity index (χ2v) is 12.8. The van der Waals surface area contributed by atoms with Crippen molar-refractivity contribution >= 4 is 45.6 Å². The Balaban J connectivity index is 1.34. The third-order valence-corrected chi connectivity index (χ3v) is 8.43. The third-order valence-electron chi connectivity index (χ3n) is 8.22. The first-order valence-corrected chi connectivity index (χ1v) is 14.4. The van der Waals surface area contributed by atoms with Gasteiger partial charge in [-0.2, -0.15) is 0 Å². The molecule has 8 nitrogen and oxygen atoms in total. The standard InChI is InChI=1S/C31H34ClFN4O4/c1-17-23-9-7-20(29(38)35-15-21(33)13-22(16-35)37(30(39)40)31(2,3)4)12-25(23)41-27(17)24-11-19-8-10-26(32)34-28(19)36(24)14-18-5-6-18/h7-12,18,21-22H,5-6,13-16H2,1-4H3,(H,39,40)/t21-,22-/m1/s1. The molecule has 0 radical (unpaired) electrons. The van der Waals surface area contributed by atoms with Gasteiger partial charge in [0.2, 0.25) is 0 Å². The van der Waals surface area contributed by atoms with E-state index in [1.54, 1.807) is 39.0 Å². The molecule has 6 rings (SSSR count). The molecule has 3 aromatic heterocycles. The van der Waals surface area contributed by atoms with Crippen molar-refractivity contribution in [2.45, 2.75) is 71.3 Å². The molecule has 41 heavy (non-hydrogen) atoms. The number of pyridine rings is 1. The molecule has 0 bridgehead atoms. The molecule has 216 valence electrons. The fourth-order valence-corrected chi connectivity index (χ4v) is 6.32. The molecule has 1 N–H and O–H groups in total. The number of carbonyl (C=O) groups is 2. The molecule has 0 unspecified atom stereocenters. The van der Waals surface area contributed by atoms with E-state index in [2.05, 4.69) is 15.6 Å². The summed E-state index contributed by atoms with van der Waals surface area (Å²) in [6.07, 6.45) is -0.0239. The second-order valence-electron chi connectivity index (χ2n) is 12.4. The van der Waals surface area contributed by atoms with Crippen molar-refractivity contribution in [2.24, 2.45) is 5.92 Å². The predicted octanol–water partition coefficient (Wildman–Crippen LogP) is 7.15. The largest absolute Gasteiger partial charge is 0.465 e. The number of aryl methyl sites for hydroxylation is 1. The number of amides is 2. The summed E-state index contributed by atoms with van der Waals surface area (Å²) in [6, 6.07) is 10.5. The number of nitrogens with zero attached hydrogens (tertiary/aromatic N) is 4. The van der Waals surface area contributed by atoms with Crippen LogP contribution in [-0.4, -0.2) is 67.3 Å². The van der Waals surface area contributed by atoms with Gasteiger partial charge in [0, 0.05) is 46.9 Å². The smallest absolute Gasteiger partial charge is 0.408 e. The van der Waals surface area contributed by atoms with E-state index in [9.17, 15) is 19.1 Å². The summed E-state index contributed by atoms with van der Waals surface area (Å²) in [6.45, 7) is 8.19. The lowest BCUT2D eigenvalue weighted by molar-refractivity contribution is 0.0126. The molecule has 2 amide bonds. The molecule has 1 aliphatic heterocycles. The third kappa shape index (κ3) is 5.16. The SMILES string of the molecule is Cc1c(-c2cc3ccc(Cl)nc3n2CC2CC2)oc2cc(C(=O)N3C[C@H](F)C[C@@H](N(C(=O)O)C(C)(C)C)C3)ccc12. The van der Waals surface area contributed by atoms with Crippen LogP contribution in [0.2, 0.25) is 5.15 Å². The lowest BCUT2D eigenvalue weighted by Crippen LogP contribution is -2.59. The summed E-state index contributed by atoms with van der Waals surface area (Å²) >= 11 is 6.24. The molecule has 4 aromatic rings. The van der Waals surface area contributed by atoms with Crippen molar-refractivity contribution in [3.05, 3.63) is 52.7 Å². The molecule has 1 saturated carbocycles. The van der Waals surface area contributed by atoms with Gasteiger partial charge in [0.15, 0.2) is 5.76 Å². The number of hydrogen-bond donors (Lipinski definition) is 1. The molecule has 1 aromatic carbocycles. The molecule has 2 aliphatic rings. The Morgan fingerprint density at radius 3 is 2.61 bits per heavy atom. The number of benzene rings is 1. The zero-order valence-electron chi connectivity index (χ0n) is 23.7. The lowest BCUT2D eigenvalue weighted by Gasteiger charge is -2.45. The monoisotopic (exact) mass is 580 g/mol. The highest BCUT2D eigenvalue weighted by Gasteiger charge is 2.40. The van der Waals surface area contributed by atoms with E-state index in [-0.39, 0.29) is 25.4 Å². The molecule has 2 atom stereocenters. The van der Waals surface area contributed by atoms with Crippen molar-refractivity contribution in [1.29, 1.82) is 0 Å². The Labute approximate surface area is 242 Å². The first-order valence-electron chi connectivity index (χ1n) is 14.1. The van der Waals surface area contributed by atoms with Crippen LogP contribution in [0.3, 0.4) is 0 Å². The number of alkyl halides is 1. The van der Waals surface area contributed by atoms with Crippen molar-refractivity contribution in [1.82, 2.24) is 19.4 Å². The number of carboxylic acid groups (broad SMARTS) is 1. The summed E-state index contributed by atoms with van der Waals surface area (Å²) < 4.78 is 23.5. The number of hydrogen-bond acceptors (Lipinski definition) is 4. The van der Waals surface area contributed by atoms with E-state index in [4.69, 9.17) is 16.0 Å². The number of piperidine rings is 1. The topological polar surface area (TPSA) is 91.8 Å². The summed E-state index contributed by atoms with van der Waals surface area (Å²) in [7, 11) is 0. The molecule has 0 spiro atoms. The van der Waals surface area contributed by atoms with Crippen molar-refractivity contribution in [2.75, 3.05) is 13.1 Å². The molecule has 2 fully saturated rings. The van der Waals surface area contributed by atoms with E-state index in [0.717, 1.165) is 34.2 Å². The molecule has 1 saturated heterocycles. The number of halogens is 2. The minimum absolute atomic E-state index is 0.0576. The summed E-state index contributed by atoms with van der Waals surface area (Å²) in [5.41, 5.74) is 2.89. The normalized spacial score (nSPS) is 19.7. The lowest BCUT2D eigenvalue weighted by atomic mass is 9.96. The van der Waals surface area contributed by atoms with Crippen LogP contribution in [0, 0.1) is 12.8 Å². The van der Waals surface area contributed by atoms with Crippen molar-refractivity contribution < 1.29 is 23.5 Å². The number of aromatic nitrogens is 2. The van der Waals surface area contributed by atoms with Crippen LogP contribution in [-0.2, 0) is 6.54 Å². The number of likely N-dealkylation sites (tertiary alicyclic amines) is 1. The molecule has 4 heterocycles. The van der Waals surface area contributed by atoms with Gasteiger partial charge in [-0.25, -0.2) is 14.2 Å². The molecule has 1 aliphatic carbocycles. The van der Waals surface area contributed by atoms with Crippen LogP contribution in [0.25, 0.3) is 33.5 Å². The Morgan fingerprint density at radius 2 is 1.93 bits per heavy atom. The predicted molar refractivity (Wildman–Crippen MR) is 156 cm³/mol. The zero-order valence-corrected chi connectivity index (χ0v) is 24.4. The summed E-state index contributed by atoms with van der Waals surface area (Å²) in [5.74, 6) is 0.960. The molecular formula is C31H34ClFN4O4. The van der Waals surface area contributed by atoms with Gasteiger partial charge < -0.3 is 19.0 Å². The van der Waals surface area contributed by atoms with Gasteiger partial charge in [-0.05, 0) is 76.8 Å². The van der Waals surface area contributed by atoms with Gasteiger partial charge in [0.25, 0.3) is 5.91 Å². The average Bonchev–Trinajstić information content (AvgIpc) is 3.57. The van der Waals surface area contributed by atoms with E-state index in [1.165, 1.54) is 22.6 Å². The first kappa shape index (κ1) is 27.6. The van der Waals surface area contributed by atoms with E-state index in [0.29, 0.717) is 28.0 Å². The van der Waals surface area contributed by atoms with Crippen LogP contribution in [0.1, 0.15) is 56.0 Å². The molecule has 10 heteroatoms. The number of carbonyl (C=O) groups excluding carboxylic acids is 1. The average molecular weight is 581 g/mol. The number of fused-ring (bicyclic) bond motifs is 2. The van der Waals surface area contributed by atoms with Gasteiger partial charge in [0.05, 0.1) is 18.3 Å². The maximum absolute atomic E-state index is 14.9. The van der Waals surface area contributed by atoms with Gasteiger partial charge in [-0.1, -0.05) is 17.7 Å². The second kappa shape index (κ2) is 10.0. The minimum atomic E-state index is -1.32. The fraction of sp³-hybridized carbons (Fsp3) is 0.452. The Bertz CT molecular complexity index is 1670. The van der Waals surface area contributed by atoms with Crippen LogP contribution in [0.5, 0.6) is 0 Å². The fourth-order valence-electron chi connectivity index (χ4n) is 6.18. The van der Waals surface area contributed by atoms with Crippen LogP contribution < -0.4 is 0 Å². The zero-order chi connectivity index (χ0) is 29.2.